The lowest BCUT2D eigenvalue weighted by atomic mass is 10.3. The highest BCUT2D eigenvalue weighted by Gasteiger charge is 2.07. The molecule has 0 aliphatic carbocycles. The number of nitrogens with zero attached hydrogens (tertiary/aromatic N) is 2. The van der Waals surface area contributed by atoms with Crippen LogP contribution in [0.1, 0.15) is 22.2 Å². The molecule has 2 aromatic rings. The van der Waals surface area contributed by atoms with E-state index in [0.29, 0.717) is 32.2 Å². The van der Waals surface area contributed by atoms with E-state index >= 15 is 0 Å². The third-order valence-electron chi connectivity index (χ3n) is 2.95. The second-order valence-corrected chi connectivity index (χ2v) is 5.77. The minimum Gasteiger partial charge on any atom is -0.445 e. The van der Waals surface area contributed by atoms with Crippen molar-refractivity contribution in [3.8, 4) is 0 Å². The normalized spacial score (nSPS) is 12.7. The fraction of sp³-hybridized carbons (Fsp3) is 0.571. The maximum absolute atomic E-state index is 9.80. The molecule has 2 rings (SSSR count). The van der Waals surface area contributed by atoms with E-state index in [-0.39, 0.29) is 0 Å². The van der Waals surface area contributed by atoms with Crippen LogP contribution in [-0.2, 0) is 17.7 Å². The van der Waals surface area contributed by atoms with E-state index in [0.717, 1.165) is 17.9 Å². The Kier molecular flexibility index (Phi) is 6.31. The molecule has 2 heterocycles. The zero-order chi connectivity index (χ0) is 15.1. The van der Waals surface area contributed by atoms with Crippen molar-refractivity contribution in [3.63, 3.8) is 0 Å². The Morgan fingerprint density at radius 2 is 2.29 bits per heavy atom. The zero-order valence-electron chi connectivity index (χ0n) is 12.3. The molecular formula is C14H21N3O3S. The molecule has 0 aliphatic heterocycles. The van der Waals surface area contributed by atoms with Crippen molar-refractivity contribution in [2.45, 2.75) is 32.9 Å². The molecule has 7 heteroatoms. The number of hydrogen-bond donors (Lipinski definition) is 2. The molecule has 2 N–H and O–H groups in total. The van der Waals surface area contributed by atoms with Crippen molar-refractivity contribution in [3.05, 3.63) is 33.9 Å². The number of aliphatic hydroxyl groups excluding tert-OH is 1. The van der Waals surface area contributed by atoms with Crippen LogP contribution in [0.3, 0.4) is 0 Å². The van der Waals surface area contributed by atoms with Crippen LogP contribution in [0.25, 0.3) is 0 Å². The molecule has 0 spiro atoms. The number of nitrogens with one attached hydrogen (secondary N) is 1. The molecule has 2 aromatic heterocycles. The Labute approximate surface area is 128 Å². The van der Waals surface area contributed by atoms with Crippen molar-refractivity contribution < 1.29 is 14.3 Å². The lowest BCUT2D eigenvalue weighted by Crippen LogP contribution is -2.30. The number of hydrogen-bond acceptors (Lipinski definition) is 7. The summed E-state index contributed by atoms with van der Waals surface area (Å²) in [6, 6.07) is 0. The number of aliphatic hydroxyl groups is 1. The minimum atomic E-state index is -0.538. The highest BCUT2D eigenvalue weighted by molar-refractivity contribution is 7.09. The van der Waals surface area contributed by atoms with Crippen molar-refractivity contribution in [2.24, 2.45) is 0 Å². The van der Waals surface area contributed by atoms with Gasteiger partial charge in [-0.15, -0.1) is 11.3 Å². The summed E-state index contributed by atoms with van der Waals surface area (Å²) in [5.74, 6) is 1.41. The highest BCUT2D eigenvalue weighted by atomic mass is 32.1. The molecule has 0 bridgehead atoms. The van der Waals surface area contributed by atoms with E-state index in [1.165, 1.54) is 4.88 Å². The number of ether oxygens (including phenoxy) is 1. The fourth-order valence-electron chi connectivity index (χ4n) is 1.84. The van der Waals surface area contributed by atoms with E-state index in [4.69, 9.17) is 9.15 Å². The first kappa shape index (κ1) is 16.1. The number of thiazole rings is 1. The van der Waals surface area contributed by atoms with Crippen LogP contribution in [0.5, 0.6) is 0 Å². The molecule has 0 fully saturated rings. The molecule has 116 valence electrons. The second kappa shape index (κ2) is 8.23. The summed E-state index contributed by atoms with van der Waals surface area (Å²) in [5, 5.41) is 12.9. The molecule has 0 amide bonds. The molecule has 0 radical (unpaired) electrons. The largest absolute Gasteiger partial charge is 0.445 e. The zero-order valence-corrected chi connectivity index (χ0v) is 13.2. The predicted octanol–water partition coefficient (Wildman–Crippen LogP) is 1.46. The van der Waals surface area contributed by atoms with Crippen molar-refractivity contribution >= 4 is 11.3 Å². The third kappa shape index (κ3) is 5.55. The Hall–Kier alpha value is -1.28. The van der Waals surface area contributed by atoms with Gasteiger partial charge in [0, 0.05) is 17.8 Å². The minimum absolute atomic E-state index is 0.315. The summed E-state index contributed by atoms with van der Waals surface area (Å²) >= 11 is 1.64. The highest BCUT2D eigenvalue weighted by Crippen LogP contribution is 2.12. The van der Waals surface area contributed by atoms with Gasteiger partial charge in [0.1, 0.15) is 5.76 Å². The van der Waals surface area contributed by atoms with Gasteiger partial charge in [0.05, 0.1) is 43.3 Å². The maximum Gasteiger partial charge on any atom is 0.208 e. The summed E-state index contributed by atoms with van der Waals surface area (Å²) in [5.41, 5.74) is 2.90. The van der Waals surface area contributed by atoms with Gasteiger partial charge >= 0.3 is 0 Å². The summed E-state index contributed by atoms with van der Waals surface area (Å²) in [6.45, 7) is 5.71. The van der Waals surface area contributed by atoms with Crippen molar-refractivity contribution in [1.82, 2.24) is 15.3 Å². The molecular weight excluding hydrogens is 290 g/mol. The van der Waals surface area contributed by atoms with Gasteiger partial charge in [-0.05, 0) is 13.8 Å². The van der Waals surface area contributed by atoms with Crippen molar-refractivity contribution in [2.75, 3.05) is 19.8 Å². The summed E-state index contributed by atoms with van der Waals surface area (Å²) in [6.07, 6.45) is 1.98. The number of aromatic nitrogens is 2. The Bertz CT molecular complexity index is 541. The molecule has 6 nitrogen and oxygen atoms in total. The van der Waals surface area contributed by atoms with E-state index in [1.807, 2.05) is 19.4 Å². The quantitative estimate of drug-likeness (QED) is 0.682. The standard InChI is InChI=1S/C14H21N3O3S/c1-10-5-16-14(20-10)7-15-6-12(18)8-19-4-3-13-11(2)17-9-21-13/h5,9,12,15,18H,3-4,6-8H2,1-2H3. The van der Waals surface area contributed by atoms with Gasteiger partial charge in [0.2, 0.25) is 5.89 Å². The molecule has 0 aromatic carbocycles. The van der Waals surface area contributed by atoms with Crippen LogP contribution in [-0.4, -0.2) is 40.9 Å². The molecule has 21 heavy (non-hydrogen) atoms. The van der Waals surface area contributed by atoms with Crippen LogP contribution >= 0.6 is 11.3 Å². The van der Waals surface area contributed by atoms with Crippen molar-refractivity contribution in [1.29, 1.82) is 0 Å². The molecule has 1 atom stereocenters. The first-order chi connectivity index (χ1) is 10.1. The Balaban J connectivity index is 1.53. The third-order valence-corrected chi connectivity index (χ3v) is 3.95. The lowest BCUT2D eigenvalue weighted by Gasteiger charge is -2.11. The monoisotopic (exact) mass is 311 g/mol. The lowest BCUT2D eigenvalue weighted by molar-refractivity contribution is 0.0381. The SMILES string of the molecule is Cc1cnc(CNCC(O)COCCc2scnc2C)o1. The van der Waals surface area contributed by atoms with Crippen LogP contribution in [0, 0.1) is 13.8 Å². The smallest absolute Gasteiger partial charge is 0.208 e. The van der Waals surface area contributed by atoms with Gasteiger partial charge in [-0.25, -0.2) is 9.97 Å². The van der Waals surface area contributed by atoms with Crippen LogP contribution in [0.4, 0.5) is 0 Å². The summed E-state index contributed by atoms with van der Waals surface area (Å²) in [4.78, 5) is 9.51. The van der Waals surface area contributed by atoms with E-state index in [1.54, 1.807) is 17.5 Å². The Morgan fingerprint density at radius 3 is 2.95 bits per heavy atom. The average molecular weight is 311 g/mol. The first-order valence-electron chi connectivity index (χ1n) is 6.92. The maximum atomic E-state index is 9.80. The van der Waals surface area contributed by atoms with Crippen LogP contribution in [0.2, 0.25) is 0 Å². The van der Waals surface area contributed by atoms with E-state index in [2.05, 4.69) is 15.3 Å². The number of oxazole rings is 1. The van der Waals surface area contributed by atoms with Gasteiger partial charge in [-0.3, -0.25) is 0 Å². The van der Waals surface area contributed by atoms with Gasteiger partial charge in [-0.2, -0.15) is 0 Å². The van der Waals surface area contributed by atoms with Crippen LogP contribution in [0.15, 0.2) is 16.1 Å². The van der Waals surface area contributed by atoms with Gasteiger partial charge in [0.25, 0.3) is 0 Å². The van der Waals surface area contributed by atoms with Gasteiger partial charge < -0.3 is 19.6 Å². The van der Waals surface area contributed by atoms with Gasteiger partial charge in [0.15, 0.2) is 0 Å². The topological polar surface area (TPSA) is 80.4 Å². The number of aryl methyl sites for hydroxylation is 2. The number of rotatable bonds is 9. The average Bonchev–Trinajstić information content (AvgIpc) is 3.04. The fourth-order valence-corrected chi connectivity index (χ4v) is 2.60. The summed E-state index contributed by atoms with van der Waals surface area (Å²) in [7, 11) is 0. The van der Waals surface area contributed by atoms with E-state index < -0.39 is 6.10 Å². The molecule has 0 aliphatic rings. The second-order valence-electron chi connectivity index (χ2n) is 4.84. The van der Waals surface area contributed by atoms with Crippen LogP contribution < -0.4 is 5.32 Å². The predicted molar refractivity (Wildman–Crippen MR) is 80.3 cm³/mol. The molecule has 1 unspecified atom stereocenters. The Morgan fingerprint density at radius 1 is 1.43 bits per heavy atom. The summed E-state index contributed by atoms with van der Waals surface area (Å²) < 4.78 is 10.8. The first-order valence-corrected chi connectivity index (χ1v) is 7.80. The van der Waals surface area contributed by atoms with E-state index in [9.17, 15) is 5.11 Å². The molecule has 0 saturated heterocycles. The van der Waals surface area contributed by atoms with Gasteiger partial charge in [-0.1, -0.05) is 0 Å². The molecule has 0 saturated carbocycles.